The molecule has 0 atom stereocenters. The zero-order valence-corrected chi connectivity index (χ0v) is 19.1. The fraction of sp³-hybridized carbons (Fsp3) is 0.360. The number of pyridine rings is 2. The quantitative estimate of drug-likeness (QED) is 0.442. The van der Waals surface area contributed by atoms with Crippen molar-refractivity contribution in [3.8, 4) is 11.3 Å². The Hall–Kier alpha value is -2.99. The van der Waals surface area contributed by atoms with Crippen molar-refractivity contribution >= 4 is 22.9 Å². The lowest BCUT2D eigenvalue weighted by Crippen LogP contribution is -2.41. The number of anilines is 1. The van der Waals surface area contributed by atoms with Crippen LogP contribution in [0, 0.1) is 19.3 Å². The van der Waals surface area contributed by atoms with Gasteiger partial charge in [0, 0.05) is 37.2 Å². The van der Waals surface area contributed by atoms with Crippen LogP contribution in [0.4, 0.5) is 5.82 Å². The third-order valence-electron chi connectivity index (χ3n) is 7.28. The van der Waals surface area contributed by atoms with E-state index in [-0.39, 0.29) is 0 Å². The lowest BCUT2D eigenvalue weighted by atomic mass is 9.76. The number of piperidine rings is 1. The second-order valence-electron chi connectivity index (χ2n) is 9.24. The van der Waals surface area contributed by atoms with E-state index in [4.69, 9.17) is 16.6 Å². The Bertz CT molecular complexity index is 1310. The van der Waals surface area contributed by atoms with Crippen molar-refractivity contribution in [2.24, 2.45) is 5.41 Å². The summed E-state index contributed by atoms with van der Waals surface area (Å²) in [6, 6.07) is 6.19. The molecule has 6 rings (SSSR count). The number of aromatic nitrogens is 5. The second-order valence-corrected chi connectivity index (χ2v) is 9.62. The summed E-state index contributed by atoms with van der Waals surface area (Å²) in [5, 5.41) is 5.29. The van der Waals surface area contributed by atoms with E-state index >= 15 is 0 Å². The van der Waals surface area contributed by atoms with Gasteiger partial charge in [-0.15, -0.1) is 0 Å². The Labute approximate surface area is 192 Å². The summed E-state index contributed by atoms with van der Waals surface area (Å²) < 4.78 is 1.99. The van der Waals surface area contributed by atoms with E-state index in [1.165, 1.54) is 30.4 Å². The number of hydrogen-bond donors (Lipinski definition) is 0. The molecule has 32 heavy (non-hydrogen) atoms. The number of fused-ring (bicyclic) bond motifs is 2. The lowest BCUT2D eigenvalue weighted by Gasteiger charge is -2.40. The molecular weight excluding hydrogens is 420 g/mol. The van der Waals surface area contributed by atoms with E-state index in [0.29, 0.717) is 10.4 Å². The van der Waals surface area contributed by atoms with E-state index in [0.717, 1.165) is 53.5 Å². The minimum Gasteiger partial charge on any atom is -0.355 e. The zero-order valence-electron chi connectivity index (χ0n) is 18.3. The molecule has 7 heteroatoms. The zero-order chi connectivity index (χ0) is 21.9. The molecule has 162 valence electrons. The predicted octanol–water partition coefficient (Wildman–Crippen LogP) is 4.84. The molecule has 1 spiro atoms. The Morgan fingerprint density at radius 3 is 2.56 bits per heavy atom. The third kappa shape index (κ3) is 3.00. The molecule has 0 saturated carbocycles. The van der Waals surface area contributed by atoms with Gasteiger partial charge in [0.05, 0.1) is 28.3 Å². The molecule has 0 bridgehead atoms. The minimum atomic E-state index is 0.371. The Morgan fingerprint density at radius 1 is 0.938 bits per heavy atom. The van der Waals surface area contributed by atoms with Gasteiger partial charge in [-0.2, -0.15) is 5.10 Å². The molecule has 5 heterocycles. The molecule has 1 fully saturated rings. The van der Waals surface area contributed by atoms with Gasteiger partial charge >= 0.3 is 0 Å². The van der Waals surface area contributed by atoms with Gasteiger partial charge in [0.1, 0.15) is 5.52 Å². The van der Waals surface area contributed by atoms with Gasteiger partial charge in [-0.25, -0.2) is 9.50 Å². The highest BCUT2D eigenvalue weighted by Gasteiger charge is 2.40. The number of halogens is 1. The molecule has 0 amide bonds. The summed E-state index contributed by atoms with van der Waals surface area (Å²) in [7, 11) is 0. The molecule has 0 N–H and O–H groups in total. The molecule has 0 aromatic carbocycles. The second kappa shape index (κ2) is 7.27. The Balaban J connectivity index is 1.34. The summed E-state index contributed by atoms with van der Waals surface area (Å²) in [4.78, 5) is 16.2. The first kappa shape index (κ1) is 19.7. The van der Waals surface area contributed by atoms with Crippen LogP contribution in [0.15, 0.2) is 43.0 Å². The summed E-state index contributed by atoms with van der Waals surface area (Å²) >= 11 is 6.62. The van der Waals surface area contributed by atoms with Crippen LogP contribution < -0.4 is 4.90 Å². The van der Waals surface area contributed by atoms with Gasteiger partial charge in [0.15, 0.2) is 5.82 Å². The molecule has 4 aromatic heterocycles. The largest absolute Gasteiger partial charge is 0.355 e. The van der Waals surface area contributed by atoms with Crippen molar-refractivity contribution in [1.29, 1.82) is 0 Å². The van der Waals surface area contributed by atoms with E-state index in [1.54, 1.807) is 6.20 Å². The molecule has 0 radical (unpaired) electrons. The smallest absolute Gasteiger partial charge is 0.155 e. The number of hydrogen-bond acceptors (Lipinski definition) is 5. The van der Waals surface area contributed by atoms with Gasteiger partial charge < -0.3 is 4.90 Å². The summed E-state index contributed by atoms with van der Waals surface area (Å²) in [5.74, 6) is 1.01. The average molecular weight is 445 g/mol. The molecule has 1 aliphatic carbocycles. The van der Waals surface area contributed by atoms with Gasteiger partial charge in [0.2, 0.25) is 0 Å². The first-order valence-electron chi connectivity index (χ1n) is 11.2. The van der Waals surface area contributed by atoms with Crippen LogP contribution in [0.2, 0.25) is 5.02 Å². The van der Waals surface area contributed by atoms with E-state index in [1.807, 2.05) is 36.8 Å². The maximum Gasteiger partial charge on any atom is 0.155 e. The van der Waals surface area contributed by atoms with Crippen LogP contribution >= 0.6 is 11.6 Å². The van der Waals surface area contributed by atoms with Crippen molar-refractivity contribution in [2.45, 2.75) is 39.5 Å². The van der Waals surface area contributed by atoms with E-state index in [9.17, 15) is 0 Å². The average Bonchev–Trinajstić information content (AvgIpc) is 3.41. The van der Waals surface area contributed by atoms with Crippen LogP contribution in [-0.2, 0) is 12.8 Å². The normalized spacial score (nSPS) is 17.3. The number of nitrogens with zero attached hydrogens (tertiary/aromatic N) is 6. The van der Waals surface area contributed by atoms with Crippen molar-refractivity contribution in [1.82, 2.24) is 24.6 Å². The lowest BCUT2D eigenvalue weighted by molar-refractivity contribution is 0.232. The monoisotopic (exact) mass is 444 g/mol. The van der Waals surface area contributed by atoms with Crippen LogP contribution in [-0.4, -0.2) is 37.7 Å². The Morgan fingerprint density at radius 2 is 1.75 bits per heavy atom. The van der Waals surface area contributed by atoms with Gasteiger partial charge in [0.25, 0.3) is 0 Å². The SMILES string of the molecule is Cc1nccc(-c2c(C)nc(N3CCC4(CC3)Cc3ccncc3C4)c3ccnn23)c1Cl. The van der Waals surface area contributed by atoms with Crippen molar-refractivity contribution in [3.05, 3.63) is 70.5 Å². The van der Waals surface area contributed by atoms with Gasteiger partial charge in [-0.05, 0) is 74.3 Å². The van der Waals surface area contributed by atoms with Crippen LogP contribution in [0.25, 0.3) is 16.8 Å². The highest BCUT2D eigenvalue weighted by molar-refractivity contribution is 6.33. The summed E-state index contributed by atoms with van der Waals surface area (Å²) in [6.45, 7) is 5.97. The molecule has 6 nitrogen and oxygen atoms in total. The van der Waals surface area contributed by atoms with Crippen LogP contribution in [0.5, 0.6) is 0 Å². The Kier molecular flexibility index (Phi) is 4.47. The third-order valence-corrected chi connectivity index (χ3v) is 7.75. The highest BCUT2D eigenvalue weighted by atomic mass is 35.5. The highest BCUT2D eigenvalue weighted by Crippen LogP contribution is 2.45. The predicted molar refractivity (Wildman–Crippen MR) is 126 cm³/mol. The van der Waals surface area contributed by atoms with Crippen molar-refractivity contribution in [2.75, 3.05) is 18.0 Å². The molecule has 2 aliphatic rings. The molecule has 0 unspecified atom stereocenters. The standard InChI is InChI=1S/C25H25ClN6/c1-16-22(26)20(4-9-28-16)23-17(2)30-24(21-5-10-29-32(21)23)31-11-6-25(7-12-31)13-18-3-8-27-15-19(18)14-25/h3-5,8-10,15H,6-7,11-14H2,1-2H3. The topological polar surface area (TPSA) is 59.2 Å². The molecule has 1 saturated heterocycles. The summed E-state index contributed by atoms with van der Waals surface area (Å²) in [6.07, 6.45) is 12.3. The van der Waals surface area contributed by atoms with E-state index in [2.05, 4.69) is 38.3 Å². The maximum atomic E-state index is 6.62. The fourth-order valence-corrected chi connectivity index (χ4v) is 5.75. The van der Waals surface area contributed by atoms with Crippen LogP contribution in [0.1, 0.15) is 35.4 Å². The molecular formula is C25H25ClN6. The van der Waals surface area contributed by atoms with Gasteiger partial charge in [-0.3, -0.25) is 9.97 Å². The fourth-order valence-electron chi connectivity index (χ4n) is 5.55. The van der Waals surface area contributed by atoms with E-state index < -0.39 is 0 Å². The molecule has 4 aromatic rings. The first-order chi connectivity index (χ1) is 15.5. The van der Waals surface area contributed by atoms with Crippen molar-refractivity contribution in [3.63, 3.8) is 0 Å². The number of rotatable bonds is 2. The summed E-state index contributed by atoms with van der Waals surface area (Å²) in [5.41, 5.74) is 7.87. The van der Waals surface area contributed by atoms with Crippen molar-refractivity contribution < 1.29 is 0 Å². The maximum absolute atomic E-state index is 6.62. The molecule has 1 aliphatic heterocycles. The number of aryl methyl sites for hydroxylation is 2. The minimum absolute atomic E-state index is 0.371. The first-order valence-corrected chi connectivity index (χ1v) is 11.5. The van der Waals surface area contributed by atoms with Crippen LogP contribution in [0.3, 0.4) is 0 Å². The van der Waals surface area contributed by atoms with Gasteiger partial charge in [-0.1, -0.05) is 11.6 Å².